The minimum Gasteiger partial charge on any atom is -0.507 e. The third kappa shape index (κ3) is 6.86. The Balaban J connectivity index is 1.36. The zero-order chi connectivity index (χ0) is 42.7. The topological polar surface area (TPSA) is 64.1 Å². The minimum absolute atomic E-state index is 0.0319. The minimum atomic E-state index is -1.71. The molecule has 9 rings (SSSR count). The van der Waals surface area contributed by atoms with Gasteiger partial charge in [-0.15, -0.1) is 11.3 Å². The van der Waals surface area contributed by atoms with Crippen LogP contribution in [0.15, 0.2) is 114 Å². The van der Waals surface area contributed by atoms with Crippen molar-refractivity contribution in [2.24, 2.45) is 0 Å². The average molecular weight is 826 g/mol. The first-order valence-corrected chi connectivity index (χ1v) is 25.4. The van der Waals surface area contributed by atoms with E-state index >= 15 is 0 Å². The summed E-state index contributed by atoms with van der Waals surface area (Å²) in [5, 5.41) is 15.5. The van der Waals surface area contributed by atoms with Crippen molar-refractivity contribution in [2.45, 2.75) is 98.2 Å². The maximum absolute atomic E-state index is 11.9. The van der Waals surface area contributed by atoms with Crippen LogP contribution >= 0.6 is 11.3 Å². The molecule has 0 bridgehead atoms. The molecule has 0 radical (unpaired) electrons. The van der Waals surface area contributed by atoms with Crippen LogP contribution in [0.1, 0.15) is 79.0 Å². The Morgan fingerprint density at radius 2 is 1.33 bits per heavy atom. The van der Waals surface area contributed by atoms with Crippen LogP contribution in [0, 0.1) is 0 Å². The van der Waals surface area contributed by atoms with E-state index < -0.39 is 8.07 Å². The predicted octanol–water partition coefficient (Wildman–Crippen LogP) is 14.6. The molecular formula is C53H55N3O2SSi. The quantitative estimate of drug-likeness (QED) is 0.170. The van der Waals surface area contributed by atoms with E-state index in [1.807, 2.05) is 6.07 Å². The van der Waals surface area contributed by atoms with Crippen molar-refractivity contribution in [3.8, 4) is 56.6 Å². The van der Waals surface area contributed by atoms with Gasteiger partial charge in [-0.25, -0.2) is 9.97 Å². The van der Waals surface area contributed by atoms with Gasteiger partial charge in [-0.3, -0.25) is 4.57 Å². The summed E-state index contributed by atoms with van der Waals surface area (Å²) < 4.78 is 11.1. The number of aromatic nitrogens is 3. The van der Waals surface area contributed by atoms with Crippen molar-refractivity contribution in [3.63, 3.8) is 0 Å². The van der Waals surface area contributed by atoms with Crippen molar-refractivity contribution in [1.29, 1.82) is 0 Å². The molecule has 0 fully saturated rings. The summed E-state index contributed by atoms with van der Waals surface area (Å²) >= 11 is 1.80. The normalized spacial score (nSPS) is 13.1. The fraction of sp³-hybridized carbons (Fsp3) is 0.283. The first-order valence-electron chi connectivity index (χ1n) is 21.0. The number of hydrogen-bond donors (Lipinski definition) is 1. The Hall–Kier alpha value is -5.50. The van der Waals surface area contributed by atoms with Crippen LogP contribution in [0.5, 0.6) is 5.75 Å². The summed E-state index contributed by atoms with van der Waals surface area (Å²) in [5.74, 6) is 0.903. The molecular weight excluding hydrogens is 771 g/mol. The van der Waals surface area contributed by atoms with Crippen LogP contribution in [0.4, 0.5) is 0 Å². The van der Waals surface area contributed by atoms with Crippen LogP contribution in [-0.4, -0.2) is 27.7 Å². The molecule has 0 spiro atoms. The van der Waals surface area contributed by atoms with Crippen molar-refractivity contribution < 1.29 is 9.52 Å². The average Bonchev–Trinajstić information content (AvgIpc) is 3.90. The fourth-order valence-electron chi connectivity index (χ4n) is 8.55. The number of thiophene rings is 1. The smallest absolute Gasteiger partial charge is 0.149 e. The molecule has 0 amide bonds. The summed E-state index contributed by atoms with van der Waals surface area (Å²) in [5.41, 5.74) is 12.2. The molecule has 5 nitrogen and oxygen atoms in total. The van der Waals surface area contributed by atoms with Crippen LogP contribution in [0.3, 0.4) is 0 Å². The van der Waals surface area contributed by atoms with E-state index in [1.54, 1.807) is 11.3 Å². The zero-order valence-corrected chi connectivity index (χ0v) is 38.8. The second-order valence-corrected chi connectivity index (χ2v) is 26.8. The standard InChI is InChI=1S/C53H55N3O2SSi/c1-51(2,3)33-21-24-40(36(27-33)52(4,5)6)56-30-39(55-50(56)35-23-22-34(28-41(35)57)60(10,11)12)49-46(31-17-14-13-15-18-31)37(53(7,8)9)29-38(54-49)32-25-43-48-45(26-32)59-44-20-16-19-42(58-43)47(44)48/h13-30,57H,1-12H3. The highest BCUT2D eigenvalue weighted by Gasteiger charge is 2.30. The largest absolute Gasteiger partial charge is 0.507 e. The lowest BCUT2D eigenvalue weighted by molar-refractivity contribution is 0.477. The van der Waals surface area contributed by atoms with Gasteiger partial charge in [-0.1, -0.05) is 142 Å². The molecule has 5 aromatic carbocycles. The molecule has 0 saturated carbocycles. The maximum Gasteiger partial charge on any atom is 0.149 e. The van der Waals surface area contributed by atoms with Gasteiger partial charge in [0.2, 0.25) is 0 Å². The molecule has 9 aromatic rings. The second kappa shape index (κ2) is 13.8. The lowest BCUT2D eigenvalue weighted by Crippen LogP contribution is -2.37. The number of aromatic hydroxyl groups is 1. The molecule has 4 heterocycles. The molecule has 1 N–H and O–H groups in total. The third-order valence-electron chi connectivity index (χ3n) is 11.9. The Labute approximate surface area is 359 Å². The molecule has 7 heteroatoms. The van der Waals surface area contributed by atoms with Crippen LogP contribution in [-0.2, 0) is 16.2 Å². The van der Waals surface area contributed by atoms with Crippen molar-refractivity contribution >= 4 is 55.9 Å². The number of phenols is 1. The lowest BCUT2D eigenvalue weighted by Gasteiger charge is -2.28. The Kier molecular flexibility index (Phi) is 9.16. The number of hydrogen-bond acceptors (Lipinski definition) is 5. The van der Waals surface area contributed by atoms with Gasteiger partial charge in [0.05, 0.1) is 30.7 Å². The van der Waals surface area contributed by atoms with E-state index in [0.717, 1.165) is 50.6 Å². The molecule has 60 heavy (non-hydrogen) atoms. The SMILES string of the molecule is CC(C)(C)c1ccc(-n2cc(-c3nc(-c4cc5oc6cccc7sc(c4)c5c67)cc(C(C)(C)C)c3-c3ccccc3)nc2-c2ccc([Si](C)(C)C)cc2O)c(C(C)(C)C)c1. The van der Waals surface area contributed by atoms with Crippen LogP contribution < -0.4 is 5.19 Å². The number of phenolic OH excluding ortho intramolecular Hbond substituents is 1. The number of benzene rings is 5. The first-order chi connectivity index (χ1) is 28.2. The van der Waals surface area contributed by atoms with Crippen LogP contribution in [0.25, 0.3) is 82.2 Å². The van der Waals surface area contributed by atoms with Crippen LogP contribution in [0.2, 0.25) is 19.6 Å². The van der Waals surface area contributed by atoms with Gasteiger partial charge in [0.15, 0.2) is 0 Å². The summed E-state index contributed by atoms with van der Waals surface area (Å²) in [6.07, 6.45) is 2.15. The number of rotatable bonds is 6. The summed E-state index contributed by atoms with van der Waals surface area (Å²) in [6, 6.07) is 36.6. The van der Waals surface area contributed by atoms with Gasteiger partial charge in [0.1, 0.15) is 28.4 Å². The summed E-state index contributed by atoms with van der Waals surface area (Å²) in [6.45, 7) is 27.3. The molecule has 0 aliphatic rings. The van der Waals surface area contributed by atoms with Crippen molar-refractivity contribution in [1.82, 2.24) is 14.5 Å². The summed E-state index contributed by atoms with van der Waals surface area (Å²) in [4.78, 5) is 11.2. The molecule has 0 atom stereocenters. The molecule has 0 saturated heterocycles. The highest BCUT2D eigenvalue weighted by atomic mass is 32.1. The highest BCUT2D eigenvalue weighted by Crippen LogP contribution is 2.47. The van der Waals surface area contributed by atoms with E-state index in [4.69, 9.17) is 14.4 Å². The van der Waals surface area contributed by atoms with Gasteiger partial charge >= 0.3 is 0 Å². The van der Waals surface area contributed by atoms with E-state index in [0.29, 0.717) is 11.4 Å². The fourth-order valence-corrected chi connectivity index (χ4v) is 10.9. The Morgan fingerprint density at radius 1 is 0.617 bits per heavy atom. The van der Waals surface area contributed by atoms with Crippen molar-refractivity contribution in [2.75, 3.05) is 0 Å². The van der Waals surface area contributed by atoms with Gasteiger partial charge < -0.3 is 9.52 Å². The van der Waals surface area contributed by atoms with E-state index in [2.05, 4.69) is 190 Å². The van der Waals surface area contributed by atoms with Gasteiger partial charge in [-0.2, -0.15) is 0 Å². The second-order valence-electron chi connectivity index (χ2n) is 20.6. The number of nitrogens with zero attached hydrogens (tertiary/aromatic N) is 3. The maximum atomic E-state index is 11.9. The molecule has 304 valence electrons. The number of furan rings is 1. The Morgan fingerprint density at radius 3 is 2.00 bits per heavy atom. The molecule has 4 aromatic heterocycles. The van der Waals surface area contributed by atoms with Gasteiger partial charge in [0, 0.05) is 37.5 Å². The van der Waals surface area contributed by atoms with E-state index in [-0.39, 0.29) is 22.0 Å². The van der Waals surface area contributed by atoms with E-state index in [1.165, 1.54) is 42.0 Å². The van der Waals surface area contributed by atoms with Crippen molar-refractivity contribution in [3.05, 3.63) is 126 Å². The predicted molar refractivity (Wildman–Crippen MR) is 258 cm³/mol. The summed E-state index contributed by atoms with van der Waals surface area (Å²) in [7, 11) is -1.71. The number of imidazole rings is 1. The van der Waals surface area contributed by atoms with Gasteiger partial charge in [0.25, 0.3) is 0 Å². The third-order valence-corrected chi connectivity index (χ3v) is 15.1. The Bertz CT molecular complexity index is 3030. The van der Waals surface area contributed by atoms with E-state index in [9.17, 15) is 5.11 Å². The zero-order valence-electron chi connectivity index (χ0n) is 37.0. The molecule has 0 aliphatic heterocycles. The first kappa shape index (κ1) is 39.9. The monoisotopic (exact) mass is 825 g/mol. The van der Waals surface area contributed by atoms with Gasteiger partial charge in [-0.05, 0) is 87.0 Å². The molecule has 0 aliphatic carbocycles. The molecule has 0 unspecified atom stereocenters. The number of pyridine rings is 1. The highest BCUT2D eigenvalue weighted by molar-refractivity contribution is 7.26. The lowest BCUT2D eigenvalue weighted by atomic mass is 9.79.